The molecule has 0 rings (SSSR count). The number of hydrogen-bond donors (Lipinski definition) is 4. The van der Waals surface area contributed by atoms with Crippen LogP contribution in [0.25, 0.3) is 0 Å². The fraction of sp³-hybridized carbons (Fsp3) is 0.875. The van der Waals surface area contributed by atoms with Crippen molar-refractivity contribution < 1.29 is 33.5 Å². The van der Waals surface area contributed by atoms with Crippen molar-refractivity contribution in [3.05, 3.63) is 0 Å². The lowest BCUT2D eigenvalue weighted by molar-refractivity contribution is -0.109. The Labute approximate surface area is 99.2 Å². The fourth-order valence-electron chi connectivity index (χ4n) is 0.905. The highest BCUT2D eigenvalue weighted by Gasteiger charge is 2.24. The van der Waals surface area contributed by atoms with Gasteiger partial charge in [0.1, 0.15) is 0 Å². The van der Waals surface area contributed by atoms with E-state index in [-0.39, 0.29) is 19.6 Å². The van der Waals surface area contributed by atoms with Crippen LogP contribution in [0.2, 0.25) is 0 Å². The Hall–Kier alpha value is -0.500. The maximum Gasteiger partial charge on any atom is 0.472 e. The lowest BCUT2D eigenvalue weighted by atomic mass is 10.3. The van der Waals surface area contributed by atoms with Crippen LogP contribution in [-0.4, -0.2) is 53.5 Å². The summed E-state index contributed by atoms with van der Waals surface area (Å²) in [5.41, 5.74) is 0. The Balaban J connectivity index is 3.86. The highest BCUT2D eigenvalue weighted by Crippen LogP contribution is 2.44. The standard InChI is InChI=1S/C8H18NO7P/c1-7(4-9-6-11)16-17(13,14)15-3-2-8(12)5-10/h6-8,10,12H,2-5H2,1H3,(H,9,11)(H,13,14). The summed E-state index contributed by atoms with van der Waals surface area (Å²) in [5, 5.41) is 19.7. The second kappa shape index (κ2) is 8.57. The molecule has 0 saturated heterocycles. The first-order chi connectivity index (χ1) is 7.91. The molecule has 3 atom stereocenters. The third-order valence-corrected chi connectivity index (χ3v) is 2.85. The predicted molar refractivity (Wildman–Crippen MR) is 58.1 cm³/mol. The van der Waals surface area contributed by atoms with Gasteiger partial charge in [0.15, 0.2) is 0 Å². The van der Waals surface area contributed by atoms with E-state index in [1.165, 1.54) is 6.92 Å². The van der Waals surface area contributed by atoms with Gasteiger partial charge < -0.3 is 20.4 Å². The van der Waals surface area contributed by atoms with Gasteiger partial charge in [0, 0.05) is 6.54 Å². The maximum atomic E-state index is 11.3. The van der Waals surface area contributed by atoms with Crippen LogP contribution in [0, 0.1) is 0 Å². The summed E-state index contributed by atoms with van der Waals surface area (Å²) in [5.74, 6) is 0. The molecule has 3 unspecified atom stereocenters. The van der Waals surface area contributed by atoms with E-state index in [9.17, 15) is 14.3 Å². The van der Waals surface area contributed by atoms with Crippen LogP contribution in [0.1, 0.15) is 13.3 Å². The smallest absolute Gasteiger partial charge is 0.394 e. The van der Waals surface area contributed by atoms with Gasteiger partial charge in [-0.1, -0.05) is 0 Å². The van der Waals surface area contributed by atoms with Crippen molar-refractivity contribution in [1.82, 2.24) is 5.32 Å². The molecule has 0 aliphatic rings. The zero-order valence-corrected chi connectivity index (χ0v) is 10.4. The highest BCUT2D eigenvalue weighted by molar-refractivity contribution is 7.47. The van der Waals surface area contributed by atoms with E-state index in [1.807, 2.05) is 0 Å². The first kappa shape index (κ1) is 16.5. The van der Waals surface area contributed by atoms with Crippen molar-refractivity contribution >= 4 is 14.2 Å². The minimum Gasteiger partial charge on any atom is -0.394 e. The second-order valence-corrected chi connectivity index (χ2v) is 4.78. The van der Waals surface area contributed by atoms with Crippen LogP contribution in [0.5, 0.6) is 0 Å². The molecule has 1 amide bonds. The lowest BCUT2D eigenvalue weighted by Gasteiger charge is -2.17. The average molecular weight is 271 g/mol. The summed E-state index contributed by atoms with van der Waals surface area (Å²) in [4.78, 5) is 19.2. The molecule has 0 radical (unpaired) electrons. The van der Waals surface area contributed by atoms with E-state index in [0.29, 0.717) is 6.41 Å². The molecule has 0 aliphatic carbocycles. The van der Waals surface area contributed by atoms with Gasteiger partial charge in [0.05, 0.1) is 25.4 Å². The molecule has 9 heteroatoms. The number of phosphoric acid groups is 1. The minimum atomic E-state index is -4.20. The number of nitrogens with one attached hydrogen (secondary N) is 1. The van der Waals surface area contributed by atoms with E-state index in [1.54, 1.807) is 0 Å². The maximum absolute atomic E-state index is 11.3. The summed E-state index contributed by atoms with van der Waals surface area (Å²) in [6, 6.07) is 0. The fourth-order valence-corrected chi connectivity index (χ4v) is 1.83. The molecule has 0 aliphatic heterocycles. The number of phosphoric ester groups is 1. The van der Waals surface area contributed by atoms with Crippen LogP contribution >= 0.6 is 7.82 Å². The number of carbonyl (C=O) groups is 1. The number of amides is 1. The minimum absolute atomic E-state index is 0.0192. The third kappa shape index (κ3) is 9.22. The normalized spacial score (nSPS) is 18.1. The largest absolute Gasteiger partial charge is 0.472 e. The van der Waals surface area contributed by atoms with Gasteiger partial charge in [0.2, 0.25) is 6.41 Å². The summed E-state index contributed by atoms with van der Waals surface area (Å²) in [6.07, 6.45) is -1.21. The van der Waals surface area contributed by atoms with Crippen LogP contribution in [0.15, 0.2) is 0 Å². The number of carbonyl (C=O) groups excluding carboxylic acids is 1. The number of aliphatic hydroxyl groups excluding tert-OH is 2. The first-order valence-corrected chi connectivity index (χ1v) is 6.52. The molecule has 8 nitrogen and oxygen atoms in total. The van der Waals surface area contributed by atoms with Gasteiger partial charge in [0.25, 0.3) is 0 Å². The monoisotopic (exact) mass is 271 g/mol. The summed E-state index contributed by atoms with van der Waals surface area (Å²) in [6.45, 7) is 0.908. The van der Waals surface area contributed by atoms with E-state index in [2.05, 4.69) is 14.4 Å². The first-order valence-electron chi connectivity index (χ1n) is 5.03. The van der Waals surface area contributed by atoms with Gasteiger partial charge in [-0.05, 0) is 13.3 Å². The molecule has 0 spiro atoms. The summed E-state index contributed by atoms with van der Waals surface area (Å²) in [7, 11) is -4.20. The van der Waals surface area contributed by atoms with Gasteiger partial charge in [-0.3, -0.25) is 13.8 Å². The molecule has 0 aromatic carbocycles. The molecule has 4 N–H and O–H groups in total. The number of hydrogen-bond acceptors (Lipinski definition) is 6. The summed E-state index contributed by atoms with van der Waals surface area (Å²) >= 11 is 0. The average Bonchev–Trinajstić information content (AvgIpc) is 2.25. The van der Waals surface area contributed by atoms with Crippen molar-refractivity contribution in [2.24, 2.45) is 0 Å². The summed E-state index contributed by atoms with van der Waals surface area (Å²) < 4.78 is 20.5. The zero-order chi connectivity index (χ0) is 13.3. The Morgan fingerprint density at radius 3 is 2.71 bits per heavy atom. The van der Waals surface area contributed by atoms with E-state index < -0.39 is 26.6 Å². The second-order valence-electron chi connectivity index (χ2n) is 3.37. The van der Waals surface area contributed by atoms with E-state index in [0.717, 1.165) is 0 Å². The zero-order valence-electron chi connectivity index (χ0n) is 9.48. The molecule has 0 aromatic heterocycles. The van der Waals surface area contributed by atoms with Crippen LogP contribution < -0.4 is 5.32 Å². The van der Waals surface area contributed by atoms with Crippen molar-refractivity contribution in [1.29, 1.82) is 0 Å². The van der Waals surface area contributed by atoms with Gasteiger partial charge in [-0.25, -0.2) is 4.57 Å². The van der Waals surface area contributed by atoms with Crippen molar-refractivity contribution in [3.63, 3.8) is 0 Å². The van der Waals surface area contributed by atoms with Gasteiger partial charge >= 0.3 is 7.82 Å². The molecule has 0 bridgehead atoms. The molecular formula is C8H18NO7P. The lowest BCUT2D eigenvalue weighted by Crippen LogP contribution is -2.25. The number of aliphatic hydroxyl groups is 2. The van der Waals surface area contributed by atoms with Crippen LogP contribution in [-0.2, 0) is 18.4 Å². The van der Waals surface area contributed by atoms with E-state index in [4.69, 9.17) is 10.2 Å². The molecule has 102 valence electrons. The van der Waals surface area contributed by atoms with E-state index >= 15 is 0 Å². The molecular weight excluding hydrogens is 253 g/mol. The number of rotatable bonds is 10. The Morgan fingerprint density at radius 2 is 2.18 bits per heavy atom. The Morgan fingerprint density at radius 1 is 1.53 bits per heavy atom. The molecule has 0 saturated carbocycles. The molecule has 0 aromatic rings. The Kier molecular flexibility index (Phi) is 8.32. The quantitative estimate of drug-likeness (QED) is 0.296. The highest BCUT2D eigenvalue weighted by atomic mass is 31.2. The van der Waals surface area contributed by atoms with Crippen LogP contribution in [0.3, 0.4) is 0 Å². The van der Waals surface area contributed by atoms with Crippen molar-refractivity contribution in [2.75, 3.05) is 19.8 Å². The van der Waals surface area contributed by atoms with Crippen molar-refractivity contribution in [2.45, 2.75) is 25.6 Å². The predicted octanol–water partition coefficient (Wildman–Crippen LogP) is -1.00. The van der Waals surface area contributed by atoms with Crippen LogP contribution in [0.4, 0.5) is 0 Å². The Bertz CT molecular complexity index is 262. The molecule has 17 heavy (non-hydrogen) atoms. The van der Waals surface area contributed by atoms with Crippen molar-refractivity contribution in [3.8, 4) is 0 Å². The van der Waals surface area contributed by atoms with Gasteiger partial charge in [-0.15, -0.1) is 0 Å². The van der Waals surface area contributed by atoms with Gasteiger partial charge in [-0.2, -0.15) is 0 Å². The topological polar surface area (TPSA) is 125 Å². The third-order valence-electron chi connectivity index (χ3n) is 1.72. The molecule has 0 fully saturated rings. The molecule has 0 heterocycles. The SMILES string of the molecule is CC(CNC=O)OP(=O)(O)OCCC(O)CO.